The number of benzene rings is 3. The number of hydrazine groups is 1. The molecule has 9 nitrogen and oxygen atoms in total. The lowest BCUT2D eigenvalue weighted by molar-refractivity contribution is -0.135. The Hall–Kier alpha value is -3.91. The van der Waals surface area contributed by atoms with Crippen molar-refractivity contribution in [3.05, 3.63) is 81.3 Å². The highest BCUT2D eigenvalue weighted by Crippen LogP contribution is 2.46. The highest BCUT2D eigenvalue weighted by molar-refractivity contribution is 9.10. The monoisotopic (exact) mass is 577 g/mol. The van der Waals surface area contributed by atoms with E-state index in [4.69, 9.17) is 17.4 Å². The first-order valence-corrected chi connectivity index (χ1v) is 12.5. The Labute approximate surface area is 225 Å². The zero-order valence-electron chi connectivity index (χ0n) is 19.4. The Bertz CT molecular complexity index is 1560. The molecule has 0 radical (unpaired) electrons. The molecule has 186 valence electrons. The first kappa shape index (κ1) is 24.8. The molecule has 1 saturated carbocycles. The topological polar surface area (TPSA) is 140 Å². The normalized spacial score (nSPS) is 13.6. The van der Waals surface area contributed by atoms with E-state index in [-0.39, 0.29) is 18.4 Å². The number of nitriles is 1. The van der Waals surface area contributed by atoms with Crippen molar-refractivity contribution in [2.75, 3.05) is 10.6 Å². The molecule has 0 saturated heterocycles. The largest absolute Gasteiger partial charge is 0.324 e. The first-order chi connectivity index (χ1) is 17.8. The van der Waals surface area contributed by atoms with Gasteiger partial charge in [-0.2, -0.15) is 5.26 Å². The summed E-state index contributed by atoms with van der Waals surface area (Å²) in [6.45, 7) is 0.130. The third kappa shape index (κ3) is 5.29. The molecule has 0 aliphatic heterocycles. The van der Waals surface area contributed by atoms with Gasteiger partial charge in [0.25, 0.3) is 11.8 Å². The number of amides is 2. The number of fused-ring (bicyclic) bond motifs is 1. The quantitative estimate of drug-likeness (QED) is 0.130. The fourth-order valence-corrected chi connectivity index (χ4v) is 4.31. The molecule has 1 aromatic heterocycles. The smallest absolute Gasteiger partial charge is 0.257 e. The van der Waals surface area contributed by atoms with Crippen molar-refractivity contribution in [2.24, 2.45) is 11.3 Å². The van der Waals surface area contributed by atoms with Crippen LogP contribution in [-0.2, 0) is 11.3 Å². The first-order valence-electron chi connectivity index (χ1n) is 11.4. The van der Waals surface area contributed by atoms with Crippen LogP contribution in [0.15, 0.2) is 65.1 Å². The average molecular weight is 579 g/mol. The molecule has 1 fully saturated rings. The van der Waals surface area contributed by atoms with Gasteiger partial charge >= 0.3 is 0 Å². The number of hydrogen-bond donors (Lipinski definition) is 4. The van der Waals surface area contributed by atoms with Gasteiger partial charge < -0.3 is 15.6 Å². The number of nitrogens with one attached hydrogen (secondary N) is 3. The lowest BCUT2D eigenvalue weighted by atomic mass is 10.1. The molecule has 1 heterocycles. The van der Waals surface area contributed by atoms with Crippen molar-refractivity contribution in [3.8, 4) is 6.07 Å². The standard InChI is InChI=1S/C26H21BrClN7O2/c27-17-3-5-18(6-4-17)31-23(36)16-2-8-20-22(12-16)34-25(32-20)33-21-11-15(1-7-19(21)28)13-35(30)24(37)26(14-29)9-10-26/h1-8,11-12H,9-10,13,30H2,(H,31,36)(H2,32,33,34). The number of imidazole rings is 1. The van der Waals surface area contributed by atoms with Crippen LogP contribution in [-0.4, -0.2) is 26.8 Å². The van der Waals surface area contributed by atoms with Crippen LogP contribution < -0.4 is 16.5 Å². The van der Waals surface area contributed by atoms with Crippen molar-refractivity contribution in [3.63, 3.8) is 0 Å². The van der Waals surface area contributed by atoms with Crippen molar-refractivity contribution < 1.29 is 9.59 Å². The molecule has 5 rings (SSSR count). The minimum atomic E-state index is -0.982. The summed E-state index contributed by atoms with van der Waals surface area (Å²) in [4.78, 5) is 32.9. The lowest BCUT2D eigenvalue weighted by Gasteiger charge is -2.19. The van der Waals surface area contributed by atoms with Crippen LogP contribution in [0.2, 0.25) is 5.02 Å². The van der Waals surface area contributed by atoms with E-state index in [1.165, 1.54) is 0 Å². The Balaban J connectivity index is 1.30. The van der Waals surface area contributed by atoms with E-state index < -0.39 is 5.41 Å². The zero-order chi connectivity index (χ0) is 26.2. The van der Waals surface area contributed by atoms with Gasteiger partial charge in [-0.3, -0.25) is 14.6 Å². The Morgan fingerprint density at radius 2 is 1.92 bits per heavy atom. The predicted octanol–water partition coefficient (Wildman–Crippen LogP) is 5.48. The second-order valence-electron chi connectivity index (χ2n) is 8.84. The summed E-state index contributed by atoms with van der Waals surface area (Å²) in [7, 11) is 0. The van der Waals surface area contributed by atoms with Gasteiger partial charge in [-0.15, -0.1) is 0 Å². The van der Waals surface area contributed by atoms with E-state index in [2.05, 4.69) is 42.6 Å². The Morgan fingerprint density at radius 3 is 2.62 bits per heavy atom. The van der Waals surface area contributed by atoms with Crippen LogP contribution in [0.5, 0.6) is 0 Å². The van der Waals surface area contributed by atoms with E-state index in [1.54, 1.807) is 36.4 Å². The molecular weight excluding hydrogens is 558 g/mol. The SMILES string of the molecule is N#CC1(C(=O)N(N)Cc2ccc(Cl)c(Nc3nc4cc(C(=O)Nc5ccc(Br)cc5)ccc4[nH]3)c2)CC1. The number of nitrogens with zero attached hydrogens (tertiary/aromatic N) is 3. The molecule has 5 N–H and O–H groups in total. The molecule has 0 bridgehead atoms. The molecular formula is C26H21BrClN7O2. The number of aromatic nitrogens is 2. The van der Waals surface area contributed by atoms with Crippen LogP contribution in [0.4, 0.5) is 17.3 Å². The molecule has 0 atom stereocenters. The zero-order valence-corrected chi connectivity index (χ0v) is 21.7. The molecule has 3 aromatic carbocycles. The Morgan fingerprint density at radius 1 is 1.16 bits per heavy atom. The van der Waals surface area contributed by atoms with Gasteiger partial charge in [0.2, 0.25) is 5.95 Å². The minimum absolute atomic E-state index is 0.130. The maximum absolute atomic E-state index is 12.7. The third-order valence-electron chi connectivity index (χ3n) is 6.12. The van der Waals surface area contributed by atoms with E-state index in [1.807, 2.05) is 24.3 Å². The number of hydrogen-bond acceptors (Lipinski definition) is 6. The predicted molar refractivity (Wildman–Crippen MR) is 145 cm³/mol. The molecule has 11 heteroatoms. The maximum atomic E-state index is 12.7. The third-order valence-corrected chi connectivity index (χ3v) is 6.98. The number of carbonyl (C=O) groups is 2. The number of nitrogens with two attached hydrogens (primary N) is 1. The van der Waals surface area contributed by atoms with Crippen molar-refractivity contribution in [1.29, 1.82) is 5.26 Å². The van der Waals surface area contributed by atoms with Gasteiger partial charge in [0.05, 0.1) is 34.4 Å². The van der Waals surface area contributed by atoms with E-state index in [0.717, 1.165) is 20.6 Å². The number of anilines is 3. The summed E-state index contributed by atoms with van der Waals surface area (Å²) >= 11 is 9.76. The maximum Gasteiger partial charge on any atom is 0.257 e. The second-order valence-corrected chi connectivity index (χ2v) is 10.2. The highest BCUT2D eigenvalue weighted by atomic mass is 79.9. The van der Waals surface area contributed by atoms with Gasteiger partial charge in [-0.05, 0) is 73.0 Å². The summed E-state index contributed by atoms with van der Waals surface area (Å²) in [5, 5.41) is 16.8. The van der Waals surface area contributed by atoms with E-state index in [9.17, 15) is 14.9 Å². The van der Waals surface area contributed by atoms with Crippen molar-refractivity contribution in [2.45, 2.75) is 19.4 Å². The average Bonchev–Trinajstić information content (AvgIpc) is 3.59. The van der Waals surface area contributed by atoms with Gasteiger partial charge in [-0.25, -0.2) is 10.8 Å². The second kappa shape index (κ2) is 9.86. The van der Waals surface area contributed by atoms with Gasteiger partial charge in [0.15, 0.2) is 0 Å². The number of H-pyrrole nitrogens is 1. The number of carbonyl (C=O) groups excluding carboxylic acids is 2. The summed E-state index contributed by atoms with van der Waals surface area (Å²) < 4.78 is 0.925. The van der Waals surface area contributed by atoms with Crippen molar-refractivity contribution in [1.82, 2.24) is 15.0 Å². The summed E-state index contributed by atoms with van der Waals surface area (Å²) in [5.74, 6) is 5.77. The summed E-state index contributed by atoms with van der Waals surface area (Å²) in [6, 6.07) is 19.8. The van der Waals surface area contributed by atoms with Gasteiger partial charge in [0.1, 0.15) is 5.41 Å². The molecule has 1 aliphatic rings. The molecule has 1 aliphatic carbocycles. The van der Waals surface area contributed by atoms with Crippen LogP contribution in [0.25, 0.3) is 11.0 Å². The number of halogens is 2. The molecule has 2 amide bonds. The van der Waals surface area contributed by atoms with E-state index in [0.29, 0.717) is 46.3 Å². The summed E-state index contributed by atoms with van der Waals surface area (Å²) in [5.41, 5.74) is 2.80. The lowest BCUT2D eigenvalue weighted by Crippen LogP contribution is -2.41. The van der Waals surface area contributed by atoms with E-state index >= 15 is 0 Å². The number of rotatable bonds is 7. The molecule has 0 unspecified atom stereocenters. The Kier molecular flexibility index (Phi) is 6.60. The van der Waals surface area contributed by atoms with Crippen LogP contribution in [0, 0.1) is 16.7 Å². The fourth-order valence-electron chi connectivity index (χ4n) is 3.88. The van der Waals surface area contributed by atoms with Gasteiger partial charge in [-0.1, -0.05) is 33.6 Å². The molecule has 37 heavy (non-hydrogen) atoms. The number of aromatic amines is 1. The van der Waals surface area contributed by atoms with Crippen molar-refractivity contribution >= 4 is 67.7 Å². The van der Waals surface area contributed by atoms with Crippen LogP contribution in [0.1, 0.15) is 28.8 Å². The molecule has 0 spiro atoms. The van der Waals surface area contributed by atoms with Gasteiger partial charge in [0, 0.05) is 15.7 Å². The highest BCUT2D eigenvalue weighted by Gasteiger charge is 2.52. The molecule has 4 aromatic rings. The minimum Gasteiger partial charge on any atom is -0.324 e. The fraction of sp³-hybridized carbons (Fsp3) is 0.154. The van der Waals surface area contributed by atoms with Crippen LogP contribution in [0.3, 0.4) is 0 Å². The summed E-state index contributed by atoms with van der Waals surface area (Å²) in [6.07, 6.45) is 1.06. The van der Waals surface area contributed by atoms with Crippen LogP contribution >= 0.6 is 27.5 Å².